The number of anilines is 2. The van der Waals surface area contributed by atoms with Crippen molar-refractivity contribution >= 4 is 133 Å². The van der Waals surface area contributed by atoms with Crippen molar-refractivity contribution in [2.24, 2.45) is 11.8 Å². The number of benzene rings is 13. The van der Waals surface area contributed by atoms with Crippen LogP contribution in [0.1, 0.15) is 198 Å². The highest BCUT2D eigenvalue weighted by Crippen LogP contribution is 2.64. The topological polar surface area (TPSA) is 74.8 Å². The van der Waals surface area contributed by atoms with Gasteiger partial charge < -0.3 is 0 Å². The summed E-state index contributed by atoms with van der Waals surface area (Å²) >= 11 is 0. The molecule has 486 valence electrons. The number of hydrogen-bond donors (Lipinski definition) is 0. The highest BCUT2D eigenvalue weighted by atomic mass is 16.2. The van der Waals surface area contributed by atoms with Gasteiger partial charge in [-0.25, -0.2) is 9.80 Å². The first-order valence-electron chi connectivity index (χ1n) is 36.1. The summed E-state index contributed by atoms with van der Waals surface area (Å²) in [6.07, 6.45) is 17.1. The molecule has 6 heteroatoms. The zero-order chi connectivity index (χ0) is 69.1. The molecule has 7 aliphatic rings. The van der Waals surface area contributed by atoms with Crippen molar-refractivity contribution in [3.63, 3.8) is 0 Å². The Labute approximate surface area is 587 Å². The van der Waals surface area contributed by atoms with E-state index in [1.54, 1.807) is 0 Å². The van der Waals surface area contributed by atoms with Crippen molar-refractivity contribution in [3.05, 3.63) is 270 Å². The first-order valence-corrected chi connectivity index (χ1v) is 36.1. The van der Waals surface area contributed by atoms with Crippen LogP contribution in [0.25, 0.3) is 120 Å². The summed E-state index contributed by atoms with van der Waals surface area (Å²) in [7, 11) is 0. The molecule has 2 aliphatic heterocycles. The summed E-state index contributed by atoms with van der Waals surface area (Å²) in [6.45, 7) is 23.5. The fourth-order valence-electron chi connectivity index (χ4n) is 19.6. The highest BCUT2D eigenvalue weighted by molar-refractivity contribution is 6.44. The van der Waals surface area contributed by atoms with Crippen LogP contribution in [0.2, 0.25) is 0 Å². The second-order valence-electron chi connectivity index (χ2n) is 31.2. The molecule has 13 aromatic carbocycles. The van der Waals surface area contributed by atoms with E-state index in [-0.39, 0.29) is 59.1 Å². The third-order valence-corrected chi connectivity index (χ3v) is 24.3. The lowest BCUT2D eigenvalue weighted by Gasteiger charge is -2.41. The van der Waals surface area contributed by atoms with Gasteiger partial charge >= 0.3 is 0 Å². The molecule has 0 aromatic heterocycles. The predicted molar refractivity (Wildman–Crippen MR) is 417 cm³/mol. The quantitative estimate of drug-likeness (QED) is 0.0625. The van der Waals surface area contributed by atoms with Crippen LogP contribution in [0, 0.1) is 45.0 Å². The van der Waals surface area contributed by atoms with Crippen LogP contribution < -0.4 is 9.80 Å². The molecular formula is C95H72N2O4. The number of terminal acetylenes is 1. The Morgan fingerprint density at radius 2 is 0.634 bits per heavy atom. The maximum atomic E-state index is 15.1. The van der Waals surface area contributed by atoms with Gasteiger partial charge in [-0.2, -0.15) is 0 Å². The number of hydrogen-bond acceptors (Lipinski definition) is 4. The molecule has 0 bridgehead atoms. The molecule has 4 amide bonds. The molecule has 2 unspecified atom stereocenters. The lowest BCUT2D eigenvalue weighted by Crippen LogP contribution is -2.42. The predicted octanol–water partition coefficient (Wildman–Crippen LogP) is 23.2. The van der Waals surface area contributed by atoms with Crippen LogP contribution >= 0.6 is 0 Å². The lowest BCUT2D eigenvalue weighted by atomic mass is 9.62. The van der Waals surface area contributed by atoms with Crippen LogP contribution in [0.3, 0.4) is 0 Å². The molecule has 101 heavy (non-hydrogen) atoms. The second-order valence-corrected chi connectivity index (χ2v) is 31.2. The Bertz CT molecular complexity index is 6270. The first kappa shape index (κ1) is 59.8. The summed E-state index contributed by atoms with van der Waals surface area (Å²) in [5, 5.41) is 15.3. The van der Waals surface area contributed by atoms with E-state index in [1.165, 1.54) is 120 Å². The molecule has 0 fully saturated rings. The summed E-state index contributed by atoms with van der Waals surface area (Å²) < 4.78 is 0. The molecule has 0 N–H and O–H groups in total. The van der Waals surface area contributed by atoms with Crippen molar-refractivity contribution in [1.29, 1.82) is 0 Å². The van der Waals surface area contributed by atoms with E-state index in [4.69, 9.17) is 6.42 Å². The number of carbonyl (C=O) groups excluding carboxylic acids is 4. The van der Waals surface area contributed by atoms with Gasteiger partial charge in [-0.1, -0.05) is 176 Å². The molecule has 0 saturated heterocycles. The van der Waals surface area contributed by atoms with Crippen LogP contribution in [0.15, 0.2) is 170 Å². The van der Waals surface area contributed by atoms with E-state index in [0.29, 0.717) is 27.9 Å². The Kier molecular flexibility index (Phi) is 12.2. The van der Waals surface area contributed by atoms with Crippen molar-refractivity contribution in [2.45, 2.75) is 113 Å². The molecule has 6 nitrogen and oxygen atoms in total. The molecule has 0 radical (unpaired) electrons. The van der Waals surface area contributed by atoms with Crippen molar-refractivity contribution in [1.82, 2.24) is 0 Å². The SMILES string of the molecule is C#Cc1cc(C(C)C)c(N2C(=O)c3ccc4c5c(ccc(c35)C2=O)C2=CC=C3c5cc6cc(CCc7cc8cc9c(cc8cc7C)-c7ccc8c%10ccc%11c%12c(ccc(c%13ccc-9c7c8%13)c%12%10)C(=O)N(c7c(C(C)C)cc(C)cc7C(C)C)C%11=O)c(C)cc6cc5C5=CC=C4C2C53)c(C(C)C)c1. The smallest absolute Gasteiger partial charge is 0.266 e. The number of carbonyl (C=O) groups is 4. The number of amides is 4. The van der Waals surface area contributed by atoms with Crippen LogP contribution in [-0.4, -0.2) is 23.6 Å². The number of allylic oxidation sites excluding steroid dienone is 8. The van der Waals surface area contributed by atoms with Gasteiger partial charge in [0.1, 0.15) is 0 Å². The maximum Gasteiger partial charge on any atom is 0.266 e. The van der Waals surface area contributed by atoms with Crippen LogP contribution in [-0.2, 0) is 12.8 Å². The monoisotopic (exact) mass is 1300 g/mol. The standard InChI is InChI=1S/C95H72N2O4/c1-13-51-36-76(46(6)7)91(77(37-51)47(8)9)97-94(100)72-30-26-64-59-17-21-67-79-41-55-35-50(12)53(39-57(55)43-81(79)69-23-19-61(83(59)87(67)69)65-27-31-73(95(97)101)89(72)85(64)65)15-14-52-38-56-42-80-68-22-18-60-63-25-29-71-88-70(92(98)96(93(71)99)90-74(44(2)3)32-48(10)33-75(90)45(4)5)28-24-62(84(63)88)58-16-20-66(86(68)82(58)60)78(80)40-54(56)34-49(52)11/h1,16-47,83,87H,14-15H2,2-12H3. The second kappa shape index (κ2) is 20.7. The summed E-state index contributed by atoms with van der Waals surface area (Å²) in [5.41, 5.74) is 29.5. The summed E-state index contributed by atoms with van der Waals surface area (Å²) in [4.78, 5) is 63.3. The minimum absolute atomic E-state index is 0.0223. The van der Waals surface area contributed by atoms with Gasteiger partial charge in [-0.3, -0.25) is 19.2 Å². The Morgan fingerprint density at radius 3 is 1.01 bits per heavy atom. The van der Waals surface area contributed by atoms with Gasteiger partial charge in [-0.15, -0.1) is 6.42 Å². The molecule has 13 aromatic rings. The van der Waals surface area contributed by atoms with Gasteiger partial charge in [0.25, 0.3) is 23.6 Å². The normalized spacial score (nSPS) is 16.8. The third kappa shape index (κ3) is 7.84. The molecular weight excluding hydrogens is 1230 g/mol. The van der Waals surface area contributed by atoms with E-state index in [2.05, 4.69) is 216 Å². The van der Waals surface area contributed by atoms with E-state index in [9.17, 15) is 0 Å². The minimum Gasteiger partial charge on any atom is -0.268 e. The van der Waals surface area contributed by atoms with E-state index < -0.39 is 0 Å². The van der Waals surface area contributed by atoms with Gasteiger partial charge in [0.05, 0.1) is 11.4 Å². The molecule has 0 saturated carbocycles. The zero-order valence-electron chi connectivity index (χ0n) is 58.6. The third-order valence-electron chi connectivity index (χ3n) is 24.3. The average Bonchev–Trinajstić information content (AvgIpc) is 1.68. The molecule has 5 aliphatic carbocycles. The van der Waals surface area contributed by atoms with E-state index in [1.807, 2.05) is 36.4 Å². The van der Waals surface area contributed by atoms with Crippen molar-refractivity contribution in [3.8, 4) is 34.6 Å². The van der Waals surface area contributed by atoms with Gasteiger partial charge in [0, 0.05) is 50.4 Å². The Hall–Kier alpha value is -11.3. The van der Waals surface area contributed by atoms with Crippen molar-refractivity contribution < 1.29 is 19.2 Å². The summed E-state index contributed by atoms with van der Waals surface area (Å²) in [6, 6.07) is 53.2. The van der Waals surface area contributed by atoms with Crippen LogP contribution in [0.4, 0.5) is 11.4 Å². The van der Waals surface area contributed by atoms with E-state index in [0.717, 1.165) is 106 Å². The number of imide groups is 2. The number of nitrogens with zero attached hydrogens (tertiary/aromatic N) is 2. The fourth-order valence-corrected chi connectivity index (χ4v) is 19.6. The molecule has 20 rings (SSSR count). The number of rotatable bonds is 9. The van der Waals surface area contributed by atoms with Crippen molar-refractivity contribution in [2.75, 3.05) is 9.80 Å². The lowest BCUT2D eigenvalue weighted by molar-refractivity contribution is 0.0877. The van der Waals surface area contributed by atoms with Crippen LogP contribution in [0.5, 0.6) is 0 Å². The zero-order valence-corrected chi connectivity index (χ0v) is 58.6. The number of fused-ring (bicyclic) bond motifs is 12. The molecule has 0 spiro atoms. The minimum atomic E-state index is -0.297. The molecule has 2 atom stereocenters. The number of aryl methyl sites for hydroxylation is 5. The largest absolute Gasteiger partial charge is 0.268 e. The van der Waals surface area contributed by atoms with Gasteiger partial charge in [0.2, 0.25) is 0 Å². The van der Waals surface area contributed by atoms with Gasteiger partial charge in [0.15, 0.2) is 0 Å². The van der Waals surface area contributed by atoms with E-state index >= 15 is 19.2 Å². The summed E-state index contributed by atoms with van der Waals surface area (Å²) in [5.74, 6) is 2.18. The Morgan fingerprint density at radius 1 is 0.337 bits per heavy atom. The van der Waals surface area contributed by atoms with Gasteiger partial charge in [-0.05, 0) is 294 Å². The highest BCUT2D eigenvalue weighted by Gasteiger charge is 2.48. The maximum absolute atomic E-state index is 15.1. The fraction of sp³-hybridized carbons (Fsp3) is 0.200. The molecule has 2 heterocycles. The first-order chi connectivity index (χ1) is 48.8. The average molecular weight is 1310 g/mol. The Balaban J connectivity index is 0.613.